The van der Waals surface area contributed by atoms with Crippen molar-refractivity contribution in [3.63, 3.8) is 0 Å². The molecule has 0 spiro atoms. The number of fused-ring (bicyclic) bond motifs is 3. The molecule has 1 N–H and O–H groups in total. The summed E-state index contributed by atoms with van der Waals surface area (Å²) < 4.78 is 11.8. The van der Waals surface area contributed by atoms with Crippen LogP contribution < -0.4 is 9.47 Å². The number of aromatic amines is 1. The fourth-order valence-corrected chi connectivity index (χ4v) is 4.32. The third kappa shape index (κ3) is 3.59. The number of pyridine rings is 2. The fourth-order valence-electron chi connectivity index (χ4n) is 4.32. The second-order valence-corrected chi connectivity index (χ2v) is 7.75. The van der Waals surface area contributed by atoms with Crippen LogP contribution in [0.2, 0.25) is 0 Å². The van der Waals surface area contributed by atoms with Gasteiger partial charge in [0.05, 0.1) is 30.4 Å². The highest BCUT2D eigenvalue weighted by Crippen LogP contribution is 2.38. The predicted molar refractivity (Wildman–Crippen MR) is 119 cm³/mol. The Morgan fingerprint density at radius 2 is 1.97 bits per heavy atom. The Kier molecular flexibility index (Phi) is 5.24. The van der Waals surface area contributed by atoms with Gasteiger partial charge in [-0.2, -0.15) is 0 Å². The maximum absolute atomic E-state index is 6.11. The molecule has 0 aliphatic carbocycles. The number of hydrogen-bond acceptors (Lipinski definition) is 5. The largest absolute Gasteiger partial charge is 0.493 e. The maximum atomic E-state index is 6.11. The Bertz CT molecular complexity index is 1150. The van der Waals surface area contributed by atoms with E-state index < -0.39 is 0 Å². The van der Waals surface area contributed by atoms with E-state index in [0.29, 0.717) is 6.61 Å². The second-order valence-electron chi connectivity index (χ2n) is 7.75. The first-order chi connectivity index (χ1) is 14.8. The monoisotopic (exact) mass is 402 g/mol. The van der Waals surface area contributed by atoms with E-state index in [-0.39, 0.29) is 0 Å². The van der Waals surface area contributed by atoms with Crippen molar-refractivity contribution in [2.45, 2.75) is 19.3 Å². The third-order valence-corrected chi connectivity index (χ3v) is 5.80. The van der Waals surface area contributed by atoms with Crippen molar-refractivity contribution in [3.05, 3.63) is 48.9 Å². The smallest absolute Gasteiger partial charge is 0.163 e. The van der Waals surface area contributed by atoms with Crippen molar-refractivity contribution in [2.75, 3.05) is 33.4 Å². The van der Waals surface area contributed by atoms with E-state index >= 15 is 0 Å². The molecule has 0 atom stereocenters. The van der Waals surface area contributed by atoms with Gasteiger partial charge in [0.15, 0.2) is 11.5 Å². The molecule has 0 bridgehead atoms. The normalized spacial score (nSPS) is 14.6. The van der Waals surface area contributed by atoms with Crippen LogP contribution in [-0.4, -0.2) is 53.2 Å². The zero-order valence-corrected chi connectivity index (χ0v) is 17.2. The summed E-state index contributed by atoms with van der Waals surface area (Å²) in [6.45, 7) is 4.22. The molecule has 4 aromatic rings. The molecule has 1 fully saturated rings. The summed E-state index contributed by atoms with van der Waals surface area (Å²) in [5.74, 6) is 1.51. The van der Waals surface area contributed by atoms with Gasteiger partial charge in [-0.05, 0) is 56.6 Å². The number of nitrogens with one attached hydrogen (secondary N) is 1. The summed E-state index contributed by atoms with van der Waals surface area (Å²) in [6, 6.07) is 10.0. The highest BCUT2D eigenvalue weighted by Gasteiger charge is 2.16. The minimum absolute atomic E-state index is 0.682. The SMILES string of the molecule is COc1cc2c(cc1OCCCN1CCCC1)[nH]c1ccnc(-c3cccnc3)c12. The van der Waals surface area contributed by atoms with Gasteiger partial charge >= 0.3 is 0 Å². The number of benzene rings is 1. The van der Waals surface area contributed by atoms with Crippen LogP contribution in [0.3, 0.4) is 0 Å². The molecule has 6 heteroatoms. The maximum Gasteiger partial charge on any atom is 0.163 e. The van der Waals surface area contributed by atoms with Crippen LogP contribution in [0, 0.1) is 0 Å². The molecule has 30 heavy (non-hydrogen) atoms. The quantitative estimate of drug-likeness (QED) is 0.456. The summed E-state index contributed by atoms with van der Waals surface area (Å²) in [7, 11) is 1.69. The van der Waals surface area contributed by atoms with E-state index in [1.54, 1.807) is 13.3 Å². The van der Waals surface area contributed by atoms with Gasteiger partial charge in [-0.3, -0.25) is 9.97 Å². The lowest BCUT2D eigenvalue weighted by molar-refractivity contribution is 0.254. The van der Waals surface area contributed by atoms with Crippen molar-refractivity contribution in [1.82, 2.24) is 19.9 Å². The Morgan fingerprint density at radius 1 is 1.07 bits per heavy atom. The van der Waals surface area contributed by atoms with Gasteiger partial charge < -0.3 is 19.4 Å². The van der Waals surface area contributed by atoms with Crippen molar-refractivity contribution in [1.29, 1.82) is 0 Å². The average molecular weight is 402 g/mol. The number of ether oxygens (including phenoxy) is 2. The lowest BCUT2D eigenvalue weighted by atomic mass is 10.1. The molecule has 3 aromatic heterocycles. The van der Waals surface area contributed by atoms with Gasteiger partial charge in [0.1, 0.15) is 0 Å². The minimum atomic E-state index is 0.682. The highest BCUT2D eigenvalue weighted by molar-refractivity contribution is 6.13. The number of aromatic nitrogens is 3. The topological polar surface area (TPSA) is 63.3 Å². The van der Waals surface area contributed by atoms with Gasteiger partial charge in [0.25, 0.3) is 0 Å². The zero-order valence-electron chi connectivity index (χ0n) is 17.2. The molecule has 0 saturated carbocycles. The number of methoxy groups -OCH3 is 1. The molecule has 1 saturated heterocycles. The molecular formula is C24H26N4O2. The molecule has 0 amide bonds. The van der Waals surface area contributed by atoms with Crippen LogP contribution in [0.15, 0.2) is 48.9 Å². The predicted octanol–water partition coefficient (Wildman–Crippen LogP) is 4.65. The number of rotatable bonds is 7. The first-order valence-electron chi connectivity index (χ1n) is 10.6. The van der Waals surface area contributed by atoms with E-state index in [1.807, 2.05) is 42.7 Å². The molecule has 5 rings (SSSR count). The van der Waals surface area contributed by atoms with Gasteiger partial charge in [-0.1, -0.05) is 0 Å². The molecule has 0 unspecified atom stereocenters. The summed E-state index contributed by atoms with van der Waals surface area (Å²) >= 11 is 0. The Balaban J connectivity index is 1.46. The van der Waals surface area contributed by atoms with Crippen LogP contribution >= 0.6 is 0 Å². The molecule has 154 valence electrons. The second kappa shape index (κ2) is 8.32. The summed E-state index contributed by atoms with van der Waals surface area (Å²) in [5, 5.41) is 2.14. The van der Waals surface area contributed by atoms with Crippen molar-refractivity contribution < 1.29 is 9.47 Å². The Morgan fingerprint density at radius 3 is 2.77 bits per heavy atom. The highest BCUT2D eigenvalue weighted by atomic mass is 16.5. The van der Waals surface area contributed by atoms with Crippen LogP contribution in [0.1, 0.15) is 19.3 Å². The molecule has 0 radical (unpaired) electrons. The Hall–Kier alpha value is -3.12. The number of likely N-dealkylation sites (tertiary alicyclic amines) is 1. The van der Waals surface area contributed by atoms with Gasteiger partial charge in [-0.15, -0.1) is 0 Å². The first kappa shape index (κ1) is 18.9. The molecule has 4 heterocycles. The van der Waals surface area contributed by atoms with E-state index in [4.69, 9.17) is 9.47 Å². The van der Waals surface area contributed by atoms with E-state index in [9.17, 15) is 0 Å². The van der Waals surface area contributed by atoms with Crippen molar-refractivity contribution in [3.8, 4) is 22.8 Å². The summed E-state index contributed by atoms with van der Waals surface area (Å²) in [6.07, 6.45) is 9.10. The van der Waals surface area contributed by atoms with Crippen LogP contribution in [0.4, 0.5) is 0 Å². The van der Waals surface area contributed by atoms with Crippen LogP contribution in [-0.2, 0) is 0 Å². The molecule has 1 aromatic carbocycles. The Labute approximate surface area is 175 Å². The number of H-pyrrole nitrogens is 1. The molecular weight excluding hydrogens is 376 g/mol. The average Bonchev–Trinajstić information content (AvgIpc) is 3.43. The lowest BCUT2D eigenvalue weighted by Gasteiger charge is -2.15. The number of hydrogen-bond donors (Lipinski definition) is 1. The first-order valence-corrected chi connectivity index (χ1v) is 10.6. The standard InChI is InChI=1S/C24H26N4O2/c1-29-21-14-18-20(15-22(21)30-13-5-12-28-10-2-3-11-28)27-19-7-9-26-24(23(18)19)17-6-4-8-25-16-17/h4,6-9,14-16,27H,2-3,5,10-13H2,1H3. The lowest BCUT2D eigenvalue weighted by Crippen LogP contribution is -2.21. The van der Waals surface area contributed by atoms with E-state index in [1.165, 1.54) is 25.9 Å². The van der Waals surface area contributed by atoms with E-state index in [0.717, 1.165) is 57.5 Å². The van der Waals surface area contributed by atoms with Gasteiger partial charge in [0, 0.05) is 47.5 Å². The van der Waals surface area contributed by atoms with Crippen LogP contribution in [0.25, 0.3) is 33.1 Å². The molecule has 1 aliphatic heterocycles. The summed E-state index contributed by atoms with van der Waals surface area (Å²) in [4.78, 5) is 14.9. The number of nitrogens with zero attached hydrogens (tertiary/aromatic N) is 3. The van der Waals surface area contributed by atoms with Crippen LogP contribution in [0.5, 0.6) is 11.5 Å². The minimum Gasteiger partial charge on any atom is -0.493 e. The van der Waals surface area contributed by atoms with Crippen molar-refractivity contribution >= 4 is 21.8 Å². The van der Waals surface area contributed by atoms with Gasteiger partial charge in [-0.25, -0.2) is 0 Å². The van der Waals surface area contributed by atoms with Crippen molar-refractivity contribution in [2.24, 2.45) is 0 Å². The van der Waals surface area contributed by atoms with Gasteiger partial charge in [0.2, 0.25) is 0 Å². The summed E-state index contributed by atoms with van der Waals surface area (Å²) in [5.41, 5.74) is 3.95. The fraction of sp³-hybridized carbons (Fsp3) is 0.333. The zero-order chi connectivity index (χ0) is 20.3. The molecule has 1 aliphatic rings. The molecule has 6 nitrogen and oxygen atoms in total. The third-order valence-electron chi connectivity index (χ3n) is 5.80. The van der Waals surface area contributed by atoms with E-state index in [2.05, 4.69) is 19.9 Å².